The van der Waals surface area contributed by atoms with Crippen molar-refractivity contribution in [3.05, 3.63) is 59.2 Å². The lowest BCUT2D eigenvalue weighted by Crippen LogP contribution is -2.55. The Morgan fingerprint density at radius 2 is 1.70 bits per heavy atom. The molecule has 0 radical (unpaired) electrons. The van der Waals surface area contributed by atoms with E-state index in [0.29, 0.717) is 24.9 Å². The van der Waals surface area contributed by atoms with E-state index in [4.69, 9.17) is 9.47 Å². The van der Waals surface area contributed by atoms with Gasteiger partial charge in [0.15, 0.2) is 11.5 Å². The molecule has 3 heterocycles. The van der Waals surface area contributed by atoms with Gasteiger partial charge in [0.05, 0.1) is 0 Å². The van der Waals surface area contributed by atoms with Crippen LogP contribution >= 0.6 is 0 Å². The van der Waals surface area contributed by atoms with Crippen molar-refractivity contribution in [1.29, 1.82) is 0 Å². The Balaban J connectivity index is 1.24. The standard InChI is InChI=1S/C25H30N2O3/c1-2-18-3-5-19(6-4-18)14-26-12-11-22-21(16-26)8-10-25(28)27(22)15-20-7-9-23-24(13-20)30-17-29-23/h3-7,9,13,21-22H,2,8,10-12,14-17H2,1H3/t21-,22+/m1/s1. The highest BCUT2D eigenvalue weighted by atomic mass is 16.7. The Labute approximate surface area is 178 Å². The Bertz CT molecular complexity index is 911. The van der Waals surface area contributed by atoms with Crippen molar-refractivity contribution in [2.75, 3.05) is 19.9 Å². The third kappa shape index (κ3) is 3.91. The molecule has 0 aromatic heterocycles. The Kier molecular flexibility index (Phi) is 5.38. The van der Waals surface area contributed by atoms with Gasteiger partial charge in [0.2, 0.25) is 12.7 Å². The maximum Gasteiger partial charge on any atom is 0.231 e. The molecule has 0 unspecified atom stereocenters. The molecule has 5 nitrogen and oxygen atoms in total. The molecule has 0 saturated carbocycles. The number of hydrogen-bond donors (Lipinski definition) is 0. The third-order valence-corrected chi connectivity index (χ3v) is 6.85. The van der Waals surface area contributed by atoms with Crippen LogP contribution in [0.4, 0.5) is 0 Å². The van der Waals surface area contributed by atoms with Gasteiger partial charge in [0.1, 0.15) is 0 Å². The van der Waals surface area contributed by atoms with Crippen molar-refractivity contribution in [3.63, 3.8) is 0 Å². The number of amides is 1. The monoisotopic (exact) mass is 406 g/mol. The lowest BCUT2D eigenvalue weighted by molar-refractivity contribution is -0.142. The molecule has 0 spiro atoms. The molecule has 2 aromatic rings. The molecule has 2 aromatic carbocycles. The molecule has 158 valence electrons. The molecule has 2 saturated heterocycles. The van der Waals surface area contributed by atoms with Crippen molar-refractivity contribution in [3.8, 4) is 11.5 Å². The predicted molar refractivity (Wildman–Crippen MR) is 115 cm³/mol. The van der Waals surface area contributed by atoms with Crippen LogP contribution in [0.5, 0.6) is 11.5 Å². The van der Waals surface area contributed by atoms with E-state index in [1.54, 1.807) is 0 Å². The average molecular weight is 407 g/mol. The molecule has 1 amide bonds. The van der Waals surface area contributed by atoms with E-state index in [0.717, 1.165) is 56.0 Å². The van der Waals surface area contributed by atoms with Gasteiger partial charge in [-0.05, 0) is 54.0 Å². The van der Waals surface area contributed by atoms with E-state index < -0.39 is 0 Å². The SMILES string of the molecule is CCc1ccc(CN2CC[C@H]3[C@H](CCC(=O)N3Cc3ccc4c(c3)OCO4)C2)cc1. The van der Waals surface area contributed by atoms with Crippen molar-refractivity contribution in [1.82, 2.24) is 9.80 Å². The second-order valence-corrected chi connectivity index (χ2v) is 8.77. The second-order valence-electron chi connectivity index (χ2n) is 8.77. The molecule has 30 heavy (non-hydrogen) atoms. The summed E-state index contributed by atoms with van der Waals surface area (Å²) in [7, 11) is 0. The number of carbonyl (C=O) groups excluding carboxylic acids is 1. The highest BCUT2D eigenvalue weighted by molar-refractivity contribution is 5.77. The Morgan fingerprint density at radius 3 is 2.53 bits per heavy atom. The van der Waals surface area contributed by atoms with Gasteiger partial charge >= 0.3 is 0 Å². The average Bonchev–Trinajstić information content (AvgIpc) is 3.24. The summed E-state index contributed by atoms with van der Waals surface area (Å²) in [6, 6.07) is 15.4. The fraction of sp³-hybridized carbons (Fsp3) is 0.480. The van der Waals surface area contributed by atoms with Gasteiger partial charge in [0, 0.05) is 38.6 Å². The number of nitrogens with zero attached hydrogens (tertiary/aromatic N) is 2. The summed E-state index contributed by atoms with van der Waals surface area (Å²) in [5.41, 5.74) is 3.89. The van der Waals surface area contributed by atoms with Gasteiger partial charge in [-0.3, -0.25) is 9.69 Å². The second kappa shape index (κ2) is 8.31. The molecule has 0 bridgehead atoms. The molecule has 5 heteroatoms. The van der Waals surface area contributed by atoms with Gasteiger partial charge in [0.25, 0.3) is 0 Å². The van der Waals surface area contributed by atoms with Gasteiger partial charge in [-0.1, -0.05) is 37.3 Å². The molecule has 3 aliphatic rings. The first kappa shape index (κ1) is 19.4. The van der Waals surface area contributed by atoms with Crippen LogP contribution in [0.2, 0.25) is 0 Å². The number of ether oxygens (including phenoxy) is 2. The van der Waals surface area contributed by atoms with Crippen LogP contribution < -0.4 is 9.47 Å². The summed E-state index contributed by atoms with van der Waals surface area (Å²) in [5.74, 6) is 2.43. The Hall–Kier alpha value is -2.53. The minimum atomic E-state index is 0.281. The maximum absolute atomic E-state index is 12.8. The zero-order chi connectivity index (χ0) is 20.5. The third-order valence-electron chi connectivity index (χ3n) is 6.85. The number of piperidine rings is 2. The fourth-order valence-corrected chi connectivity index (χ4v) is 5.15. The number of benzene rings is 2. The predicted octanol–water partition coefficient (Wildman–Crippen LogP) is 3.99. The first-order chi connectivity index (χ1) is 14.7. The summed E-state index contributed by atoms with van der Waals surface area (Å²) >= 11 is 0. The first-order valence-electron chi connectivity index (χ1n) is 11.2. The summed E-state index contributed by atoms with van der Waals surface area (Å²) in [6.45, 7) is 6.26. The van der Waals surface area contributed by atoms with E-state index in [1.165, 1.54) is 11.1 Å². The normalized spacial score (nSPS) is 23.5. The molecule has 3 aliphatic heterocycles. The van der Waals surface area contributed by atoms with Crippen LogP contribution in [-0.2, 0) is 24.3 Å². The largest absolute Gasteiger partial charge is 0.454 e. The number of carbonyl (C=O) groups is 1. The van der Waals surface area contributed by atoms with E-state index in [-0.39, 0.29) is 12.7 Å². The molecule has 5 rings (SSSR count). The Morgan fingerprint density at radius 1 is 0.933 bits per heavy atom. The van der Waals surface area contributed by atoms with Crippen LogP contribution in [0.3, 0.4) is 0 Å². The lowest BCUT2D eigenvalue weighted by atomic mass is 9.83. The quantitative estimate of drug-likeness (QED) is 0.753. The van der Waals surface area contributed by atoms with Gasteiger partial charge in [-0.15, -0.1) is 0 Å². The zero-order valence-corrected chi connectivity index (χ0v) is 17.7. The van der Waals surface area contributed by atoms with E-state index >= 15 is 0 Å². The summed E-state index contributed by atoms with van der Waals surface area (Å²) in [5, 5.41) is 0. The van der Waals surface area contributed by atoms with E-state index in [1.807, 2.05) is 12.1 Å². The van der Waals surface area contributed by atoms with Crippen LogP contribution in [0.25, 0.3) is 0 Å². The minimum absolute atomic E-state index is 0.281. The minimum Gasteiger partial charge on any atom is -0.454 e. The number of hydrogen-bond acceptors (Lipinski definition) is 4. The molecular weight excluding hydrogens is 376 g/mol. The van der Waals surface area contributed by atoms with Crippen molar-refractivity contribution >= 4 is 5.91 Å². The van der Waals surface area contributed by atoms with Crippen LogP contribution in [0.1, 0.15) is 42.9 Å². The molecule has 0 aliphatic carbocycles. The van der Waals surface area contributed by atoms with Crippen molar-refractivity contribution in [2.45, 2.75) is 51.7 Å². The van der Waals surface area contributed by atoms with E-state index in [2.05, 4.69) is 47.1 Å². The summed E-state index contributed by atoms with van der Waals surface area (Å²) in [6.07, 6.45) is 3.80. The maximum atomic E-state index is 12.8. The van der Waals surface area contributed by atoms with Gasteiger partial charge < -0.3 is 14.4 Å². The van der Waals surface area contributed by atoms with Crippen molar-refractivity contribution < 1.29 is 14.3 Å². The zero-order valence-electron chi connectivity index (χ0n) is 17.7. The summed E-state index contributed by atoms with van der Waals surface area (Å²) < 4.78 is 10.9. The first-order valence-corrected chi connectivity index (χ1v) is 11.2. The van der Waals surface area contributed by atoms with Crippen LogP contribution in [0, 0.1) is 5.92 Å². The lowest BCUT2D eigenvalue weighted by Gasteiger charge is -2.47. The van der Waals surface area contributed by atoms with Gasteiger partial charge in [-0.2, -0.15) is 0 Å². The van der Waals surface area contributed by atoms with Gasteiger partial charge in [-0.25, -0.2) is 0 Å². The molecule has 2 fully saturated rings. The fourth-order valence-electron chi connectivity index (χ4n) is 5.15. The number of aryl methyl sites for hydroxylation is 1. The van der Waals surface area contributed by atoms with Crippen LogP contribution in [-0.4, -0.2) is 41.6 Å². The molecular formula is C25H30N2O3. The van der Waals surface area contributed by atoms with Crippen molar-refractivity contribution in [2.24, 2.45) is 5.92 Å². The number of rotatable bonds is 5. The highest BCUT2D eigenvalue weighted by Crippen LogP contribution is 2.36. The molecule has 2 atom stereocenters. The highest BCUT2D eigenvalue weighted by Gasteiger charge is 2.39. The topological polar surface area (TPSA) is 42.0 Å². The number of fused-ring (bicyclic) bond motifs is 2. The van der Waals surface area contributed by atoms with E-state index in [9.17, 15) is 4.79 Å². The molecule has 0 N–H and O–H groups in total. The smallest absolute Gasteiger partial charge is 0.231 e. The number of likely N-dealkylation sites (tertiary alicyclic amines) is 2. The van der Waals surface area contributed by atoms with Crippen LogP contribution in [0.15, 0.2) is 42.5 Å². The summed E-state index contributed by atoms with van der Waals surface area (Å²) in [4.78, 5) is 17.5.